The molecule has 0 spiro atoms. The topological polar surface area (TPSA) is 35.6 Å². The summed E-state index contributed by atoms with van der Waals surface area (Å²) in [6.45, 7) is 1.67. The second kappa shape index (κ2) is 14.5. The smallest absolute Gasteiger partial charge is 0.0892 e. The fourth-order valence-corrected chi connectivity index (χ4v) is 7.99. The van der Waals surface area contributed by atoms with Crippen LogP contribution < -0.4 is 0 Å². The first-order valence-electron chi connectivity index (χ1n) is 19.1. The first kappa shape index (κ1) is 33.3. The number of hydrogen-bond donors (Lipinski definition) is 0. The minimum atomic E-state index is 0.836. The molecule has 0 saturated carbocycles. The van der Waals surface area contributed by atoms with Gasteiger partial charge in [-0.2, -0.15) is 0 Å². The molecule has 0 aliphatic rings. The van der Waals surface area contributed by atoms with Gasteiger partial charge in [-0.1, -0.05) is 133 Å². The zero-order valence-electron chi connectivity index (χ0n) is 30.8. The molecule has 0 bridgehead atoms. The Morgan fingerprint density at radius 2 is 0.714 bits per heavy atom. The molecular weight excluding hydrogens is 681 g/mol. The van der Waals surface area contributed by atoms with Crippen molar-refractivity contribution < 1.29 is 0 Å². The largest absolute Gasteiger partial charge is 0.336 e. The first-order valence-corrected chi connectivity index (χ1v) is 19.1. The highest BCUT2D eigenvalue weighted by atomic mass is 15.0. The second-order valence-corrected chi connectivity index (χ2v) is 14.3. The van der Waals surface area contributed by atoms with E-state index in [9.17, 15) is 0 Å². The van der Waals surface area contributed by atoms with Gasteiger partial charge in [0.2, 0.25) is 0 Å². The predicted octanol–water partition coefficient (Wildman–Crippen LogP) is 12.8. The fraction of sp³-hybridized carbons (Fsp3) is 0.0385. The third-order valence-electron chi connectivity index (χ3n) is 10.7. The maximum atomic E-state index is 4.71. The maximum absolute atomic E-state index is 4.71. The van der Waals surface area contributed by atoms with Crippen LogP contribution in [0.4, 0.5) is 0 Å². The normalized spacial score (nSPS) is 11.9. The third kappa shape index (κ3) is 6.48. The summed E-state index contributed by atoms with van der Waals surface area (Å²) in [5, 5.41) is 5.06. The number of benzene rings is 6. The molecule has 4 nitrogen and oxygen atoms in total. The van der Waals surface area contributed by atoms with Gasteiger partial charge in [-0.3, -0.25) is 9.97 Å². The minimum Gasteiger partial charge on any atom is -0.336 e. The summed E-state index contributed by atoms with van der Waals surface area (Å²) in [6, 6.07) is 60.6. The highest BCUT2D eigenvalue weighted by Gasteiger charge is 2.13. The lowest BCUT2D eigenvalue weighted by atomic mass is 10.1. The highest BCUT2D eigenvalue weighted by Crippen LogP contribution is 2.33. The summed E-state index contributed by atoms with van der Waals surface area (Å²) in [4.78, 5) is 9.41. The Balaban J connectivity index is 0.899. The van der Waals surface area contributed by atoms with Gasteiger partial charge in [0.25, 0.3) is 0 Å². The Labute approximate surface area is 326 Å². The highest BCUT2D eigenvalue weighted by molar-refractivity contribution is 6.10. The number of nitrogens with zero attached hydrogens (tertiary/aromatic N) is 4. The molecule has 10 aromatic rings. The number of hydrogen-bond acceptors (Lipinski definition) is 2. The molecule has 4 heterocycles. The van der Waals surface area contributed by atoms with Crippen LogP contribution in [0, 0.1) is 0 Å². The Bertz CT molecular complexity index is 2860. The second-order valence-electron chi connectivity index (χ2n) is 14.3. The number of rotatable bonds is 9. The quantitative estimate of drug-likeness (QED) is 0.149. The molecule has 0 amide bonds. The number of aromatic nitrogens is 4. The molecule has 0 fully saturated rings. The van der Waals surface area contributed by atoms with Crippen LogP contribution in [0.25, 0.3) is 79.3 Å². The van der Waals surface area contributed by atoms with Crippen molar-refractivity contribution in [2.24, 2.45) is 0 Å². The average molecular weight is 719 g/mol. The number of para-hydroxylation sites is 2. The van der Waals surface area contributed by atoms with Gasteiger partial charge < -0.3 is 9.13 Å². The molecule has 4 aromatic heterocycles. The van der Waals surface area contributed by atoms with Crippen LogP contribution in [0.5, 0.6) is 0 Å². The first-order chi connectivity index (χ1) is 27.7. The van der Waals surface area contributed by atoms with Gasteiger partial charge in [-0.25, -0.2) is 0 Å². The third-order valence-corrected chi connectivity index (χ3v) is 10.7. The van der Waals surface area contributed by atoms with Gasteiger partial charge in [-0.15, -0.1) is 0 Å². The van der Waals surface area contributed by atoms with Gasteiger partial charge in [0, 0.05) is 69.1 Å². The Hall–Kier alpha value is -7.30. The van der Waals surface area contributed by atoms with Crippen molar-refractivity contribution in [2.75, 3.05) is 0 Å². The Morgan fingerprint density at radius 3 is 1.16 bits per heavy atom. The van der Waals surface area contributed by atoms with Crippen LogP contribution in [0.15, 0.2) is 182 Å². The van der Waals surface area contributed by atoms with Crippen LogP contribution in [-0.4, -0.2) is 19.1 Å². The molecule has 10 rings (SSSR count). The molecule has 4 heteroatoms. The average Bonchev–Trinajstić information content (AvgIpc) is 3.74. The van der Waals surface area contributed by atoms with E-state index in [-0.39, 0.29) is 0 Å². The molecule has 56 heavy (non-hydrogen) atoms. The predicted molar refractivity (Wildman–Crippen MR) is 235 cm³/mol. The van der Waals surface area contributed by atoms with Crippen molar-refractivity contribution >= 4 is 67.9 Å². The van der Waals surface area contributed by atoms with Gasteiger partial charge in [-0.05, 0) is 94.0 Å². The van der Waals surface area contributed by atoms with E-state index in [1.54, 1.807) is 0 Å². The zero-order valence-corrected chi connectivity index (χ0v) is 30.8. The van der Waals surface area contributed by atoms with E-state index in [0.29, 0.717) is 0 Å². The Morgan fingerprint density at radius 1 is 0.339 bits per heavy atom. The van der Waals surface area contributed by atoms with Gasteiger partial charge in [0.05, 0.1) is 11.4 Å². The summed E-state index contributed by atoms with van der Waals surface area (Å²) in [7, 11) is 0. The number of fused-ring (bicyclic) bond motifs is 6. The van der Waals surface area contributed by atoms with E-state index in [0.717, 1.165) is 46.7 Å². The van der Waals surface area contributed by atoms with Crippen molar-refractivity contribution in [2.45, 2.75) is 13.1 Å². The molecule has 0 atom stereocenters. The van der Waals surface area contributed by atoms with Gasteiger partial charge >= 0.3 is 0 Å². The van der Waals surface area contributed by atoms with Crippen molar-refractivity contribution in [3.63, 3.8) is 0 Å². The molecular formula is C52H38N4. The molecule has 0 unspecified atom stereocenters. The maximum Gasteiger partial charge on any atom is 0.0892 e. The lowest BCUT2D eigenvalue weighted by Gasteiger charge is -2.08. The molecule has 0 saturated heterocycles. The van der Waals surface area contributed by atoms with E-state index in [4.69, 9.17) is 9.97 Å². The van der Waals surface area contributed by atoms with E-state index < -0.39 is 0 Å². The van der Waals surface area contributed by atoms with Crippen LogP contribution in [0.3, 0.4) is 0 Å². The lowest BCUT2D eigenvalue weighted by molar-refractivity contribution is 0.869. The molecule has 0 N–H and O–H groups in total. The van der Waals surface area contributed by atoms with Crippen LogP contribution in [0.2, 0.25) is 0 Å². The van der Waals surface area contributed by atoms with Crippen LogP contribution in [0.1, 0.15) is 33.4 Å². The molecule has 0 radical (unpaired) electrons. The van der Waals surface area contributed by atoms with Crippen LogP contribution >= 0.6 is 0 Å². The molecule has 0 aliphatic heterocycles. The number of pyridine rings is 2. The summed E-state index contributed by atoms with van der Waals surface area (Å²) < 4.78 is 4.84. The summed E-state index contributed by atoms with van der Waals surface area (Å²) >= 11 is 0. The minimum absolute atomic E-state index is 0.836. The van der Waals surface area contributed by atoms with E-state index >= 15 is 0 Å². The zero-order chi connectivity index (χ0) is 37.3. The van der Waals surface area contributed by atoms with E-state index in [1.165, 1.54) is 54.7 Å². The van der Waals surface area contributed by atoms with Crippen molar-refractivity contribution in [3.05, 3.63) is 216 Å². The Kier molecular flexibility index (Phi) is 8.62. The summed E-state index contributed by atoms with van der Waals surface area (Å²) in [5.74, 6) is 0. The SMILES string of the molecule is C(=C\c1ccc2c(c1)c1ccccc1n2Cc1ccccc1)/c1ccnc(-c2cc(/C=C/c3ccc4c(c3)c3ccccc3n4Cc3ccccc3)ccn2)c1. The summed E-state index contributed by atoms with van der Waals surface area (Å²) in [6.07, 6.45) is 12.4. The van der Waals surface area contributed by atoms with Crippen molar-refractivity contribution in [3.8, 4) is 11.4 Å². The fourth-order valence-electron chi connectivity index (χ4n) is 7.99. The van der Waals surface area contributed by atoms with Crippen molar-refractivity contribution in [1.82, 2.24) is 19.1 Å². The van der Waals surface area contributed by atoms with E-state index in [2.05, 4.69) is 191 Å². The molecule has 6 aromatic carbocycles. The lowest BCUT2D eigenvalue weighted by Crippen LogP contribution is -1.98. The molecule has 266 valence electrons. The standard InChI is InChI=1S/C52H38N4/c1-3-11-41(12-4-1)35-55-49-17-9-7-15-43(49)45-31-37(23-25-51(45)55)19-21-39-27-29-53-47(33-39)48-34-40(28-30-54-48)22-20-38-24-26-52-46(32-38)44-16-8-10-18-50(44)56(52)36-42-13-5-2-6-14-42/h1-34H,35-36H2/b21-19+,22-20+. The van der Waals surface area contributed by atoms with Gasteiger partial charge in [0.1, 0.15) is 0 Å². The molecule has 0 aliphatic carbocycles. The monoisotopic (exact) mass is 718 g/mol. The van der Waals surface area contributed by atoms with E-state index in [1.807, 2.05) is 24.5 Å². The van der Waals surface area contributed by atoms with Gasteiger partial charge in [0.15, 0.2) is 0 Å². The van der Waals surface area contributed by atoms with Crippen LogP contribution in [-0.2, 0) is 13.1 Å². The van der Waals surface area contributed by atoms with Crippen molar-refractivity contribution in [1.29, 1.82) is 0 Å². The summed E-state index contributed by atoms with van der Waals surface area (Å²) in [5.41, 5.74) is 13.7.